The molecule has 2 N–H and O–H groups in total. The van der Waals surface area contributed by atoms with Gasteiger partial charge in [-0.05, 0) is 55.2 Å². The lowest BCUT2D eigenvalue weighted by atomic mass is 9.81. The predicted molar refractivity (Wildman–Crippen MR) is 120 cm³/mol. The van der Waals surface area contributed by atoms with E-state index in [4.69, 9.17) is 16.3 Å². The fraction of sp³-hybridized carbons (Fsp3) is 0.240. The van der Waals surface area contributed by atoms with Crippen LogP contribution < -0.4 is 10.1 Å². The number of nitrogens with one attached hydrogen (secondary N) is 1. The molecular formula is C25H24ClNO3. The largest absolute Gasteiger partial charge is 0.507 e. The van der Waals surface area contributed by atoms with Crippen molar-refractivity contribution < 1.29 is 14.6 Å². The molecule has 0 aromatic heterocycles. The molecule has 30 heavy (non-hydrogen) atoms. The van der Waals surface area contributed by atoms with E-state index in [-0.39, 0.29) is 17.4 Å². The Morgan fingerprint density at radius 1 is 0.967 bits per heavy atom. The van der Waals surface area contributed by atoms with E-state index >= 15 is 0 Å². The maximum atomic E-state index is 12.7. The zero-order chi connectivity index (χ0) is 20.9. The number of ether oxygens (including phenoxy) is 1. The number of carbonyl (C=O) groups is 1. The second kappa shape index (κ2) is 9.23. The van der Waals surface area contributed by atoms with Crippen LogP contribution in [0, 0.1) is 0 Å². The predicted octanol–water partition coefficient (Wildman–Crippen LogP) is 6.40. The highest BCUT2D eigenvalue weighted by atomic mass is 35.5. The van der Waals surface area contributed by atoms with Gasteiger partial charge in [0.25, 0.3) is 5.91 Å². The molecule has 3 aromatic carbocycles. The smallest absolute Gasteiger partial charge is 0.259 e. The third kappa shape index (κ3) is 4.60. The molecule has 0 aliphatic heterocycles. The molecule has 154 valence electrons. The number of hydrogen-bond donors (Lipinski definition) is 2. The monoisotopic (exact) mass is 421 g/mol. The molecule has 4 nitrogen and oxygen atoms in total. The number of rotatable bonds is 5. The van der Waals surface area contributed by atoms with Gasteiger partial charge in [-0.3, -0.25) is 4.79 Å². The molecule has 1 amide bonds. The van der Waals surface area contributed by atoms with Crippen molar-refractivity contribution in [2.24, 2.45) is 0 Å². The molecule has 0 spiro atoms. The van der Waals surface area contributed by atoms with Gasteiger partial charge < -0.3 is 15.2 Å². The molecular weight excluding hydrogens is 398 g/mol. The molecule has 1 aliphatic carbocycles. The van der Waals surface area contributed by atoms with E-state index in [0.29, 0.717) is 22.4 Å². The van der Waals surface area contributed by atoms with Crippen LogP contribution in [-0.2, 0) is 0 Å². The van der Waals surface area contributed by atoms with Crippen LogP contribution >= 0.6 is 11.6 Å². The summed E-state index contributed by atoms with van der Waals surface area (Å²) in [7, 11) is 0. The summed E-state index contributed by atoms with van der Waals surface area (Å²) in [5.41, 5.74) is 1.98. The highest BCUT2D eigenvalue weighted by Gasteiger charge is 2.29. The van der Waals surface area contributed by atoms with E-state index in [1.165, 1.54) is 30.2 Å². The lowest BCUT2D eigenvalue weighted by molar-refractivity contribution is 0.102. The molecule has 0 bridgehead atoms. The Bertz CT molecular complexity index is 1020. The van der Waals surface area contributed by atoms with Crippen molar-refractivity contribution in [2.45, 2.75) is 37.7 Å². The summed E-state index contributed by atoms with van der Waals surface area (Å²) >= 11 is 5.98. The zero-order valence-corrected chi connectivity index (χ0v) is 17.3. The van der Waals surface area contributed by atoms with Crippen molar-refractivity contribution in [1.82, 2.24) is 0 Å². The second-order valence-electron chi connectivity index (χ2n) is 7.57. The minimum atomic E-state index is -0.436. The van der Waals surface area contributed by atoms with E-state index in [1.54, 1.807) is 6.07 Å². The maximum Gasteiger partial charge on any atom is 0.259 e. The molecule has 2 atom stereocenters. The van der Waals surface area contributed by atoms with Crippen molar-refractivity contribution in [1.29, 1.82) is 0 Å². The van der Waals surface area contributed by atoms with Gasteiger partial charge in [0.15, 0.2) is 0 Å². The summed E-state index contributed by atoms with van der Waals surface area (Å²) in [4.78, 5) is 12.7. The van der Waals surface area contributed by atoms with E-state index in [2.05, 4.69) is 29.6 Å². The SMILES string of the molecule is O=C(Nc1ccccc1O[C@@H]1CCCC[C@@H]1c1ccccc1)c1cc(Cl)ccc1O. The van der Waals surface area contributed by atoms with Gasteiger partial charge in [-0.15, -0.1) is 0 Å². The Balaban J connectivity index is 1.55. The first-order valence-corrected chi connectivity index (χ1v) is 10.6. The lowest BCUT2D eigenvalue weighted by Crippen LogP contribution is -2.29. The lowest BCUT2D eigenvalue weighted by Gasteiger charge is -2.33. The Hall–Kier alpha value is -2.98. The number of halogens is 1. The number of para-hydroxylation sites is 2. The minimum absolute atomic E-state index is 0.0405. The Kier molecular flexibility index (Phi) is 6.24. The van der Waals surface area contributed by atoms with Crippen LogP contribution in [0.1, 0.15) is 47.5 Å². The van der Waals surface area contributed by atoms with Gasteiger partial charge >= 0.3 is 0 Å². The summed E-state index contributed by atoms with van der Waals surface area (Å²) in [5.74, 6) is 0.391. The number of benzene rings is 3. The molecule has 5 heteroatoms. The van der Waals surface area contributed by atoms with Crippen LogP contribution in [0.5, 0.6) is 11.5 Å². The van der Waals surface area contributed by atoms with Crippen LogP contribution in [0.15, 0.2) is 72.8 Å². The van der Waals surface area contributed by atoms with Crippen LogP contribution in [0.3, 0.4) is 0 Å². The van der Waals surface area contributed by atoms with Gasteiger partial charge in [-0.25, -0.2) is 0 Å². The minimum Gasteiger partial charge on any atom is -0.507 e. The third-order valence-electron chi connectivity index (χ3n) is 5.55. The van der Waals surface area contributed by atoms with Crippen molar-refractivity contribution in [2.75, 3.05) is 5.32 Å². The van der Waals surface area contributed by atoms with Crippen LogP contribution in [0.25, 0.3) is 0 Å². The summed E-state index contributed by atoms with van der Waals surface area (Å²) in [6.07, 6.45) is 4.40. The fourth-order valence-electron chi connectivity index (χ4n) is 4.03. The van der Waals surface area contributed by atoms with Gasteiger partial charge in [0.1, 0.15) is 17.6 Å². The third-order valence-corrected chi connectivity index (χ3v) is 5.78. The molecule has 0 unspecified atom stereocenters. The Morgan fingerprint density at radius 3 is 2.53 bits per heavy atom. The number of hydrogen-bond acceptors (Lipinski definition) is 3. The summed E-state index contributed by atoms with van der Waals surface area (Å²) in [5, 5.41) is 13.3. The van der Waals surface area contributed by atoms with Crippen LogP contribution in [0.4, 0.5) is 5.69 Å². The van der Waals surface area contributed by atoms with E-state index in [9.17, 15) is 9.90 Å². The van der Waals surface area contributed by atoms with Gasteiger partial charge in [0.2, 0.25) is 0 Å². The Morgan fingerprint density at radius 2 is 1.70 bits per heavy atom. The molecule has 0 heterocycles. The summed E-state index contributed by atoms with van der Waals surface area (Å²) in [6.45, 7) is 0. The van der Waals surface area contributed by atoms with Crippen molar-refractivity contribution >= 4 is 23.2 Å². The first-order chi connectivity index (χ1) is 14.6. The number of phenols is 1. The molecule has 0 saturated heterocycles. The number of amides is 1. The fourth-order valence-corrected chi connectivity index (χ4v) is 4.21. The number of aromatic hydroxyl groups is 1. The van der Waals surface area contributed by atoms with E-state index < -0.39 is 5.91 Å². The first kappa shape index (κ1) is 20.3. The van der Waals surface area contributed by atoms with Crippen molar-refractivity contribution in [3.05, 3.63) is 88.9 Å². The zero-order valence-electron chi connectivity index (χ0n) is 16.6. The average molecular weight is 422 g/mol. The normalized spacial score (nSPS) is 18.6. The molecule has 0 radical (unpaired) electrons. The number of phenolic OH excluding ortho intramolecular Hbond substituents is 1. The highest BCUT2D eigenvalue weighted by molar-refractivity contribution is 6.31. The van der Waals surface area contributed by atoms with E-state index in [1.807, 2.05) is 24.3 Å². The second-order valence-corrected chi connectivity index (χ2v) is 8.01. The standard InChI is InChI=1S/C25H24ClNO3/c26-18-14-15-22(28)20(16-18)25(29)27-21-11-5-7-13-24(21)30-23-12-6-4-10-19(23)17-8-2-1-3-9-17/h1-3,5,7-9,11,13-16,19,23,28H,4,6,10,12H2,(H,27,29)/t19-,23-/m1/s1. The van der Waals surface area contributed by atoms with Crippen LogP contribution in [-0.4, -0.2) is 17.1 Å². The number of carbonyl (C=O) groups excluding carboxylic acids is 1. The number of anilines is 1. The molecule has 1 fully saturated rings. The van der Waals surface area contributed by atoms with Crippen molar-refractivity contribution in [3.8, 4) is 11.5 Å². The highest BCUT2D eigenvalue weighted by Crippen LogP contribution is 2.37. The van der Waals surface area contributed by atoms with Gasteiger partial charge in [-0.1, -0.05) is 60.5 Å². The van der Waals surface area contributed by atoms with Crippen molar-refractivity contribution in [3.63, 3.8) is 0 Å². The molecule has 1 aliphatic rings. The van der Waals surface area contributed by atoms with Gasteiger partial charge in [0, 0.05) is 10.9 Å². The van der Waals surface area contributed by atoms with E-state index in [0.717, 1.165) is 19.3 Å². The topological polar surface area (TPSA) is 58.6 Å². The van der Waals surface area contributed by atoms with Crippen LogP contribution in [0.2, 0.25) is 5.02 Å². The quantitative estimate of drug-likeness (QED) is 0.500. The average Bonchev–Trinajstić information content (AvgIpc) is 2.77. The summed E-state index contributed by atoms with van der Waals surface area (Å²) in [6, 6.07) is 22.3. The molecule has 3 aromatic rings. The molecule has 1 saturated carbocycles. The first-order valence-electron chi connectivity index (χ1n) is 10.2. The maximum absolute atomic E-state index is 12.7. The molecule has 4 rings (SSSR count). The summed E-state index contributed by atoms with van der Waals surface area (Å²) < 4.78 is 6.44. The van der Waals surface area contributed by atoms with Gasteiger partial charge in [0.05, 0.1) is 11.3 Å². The van der Waals surface area contributed by atoms with Gasteiger partial charge in [-0.2, -0.15) is 0 Å². The Labute approximate surface area is 181 Å².